The molecule has 0 spiro atoms. The fourth-order valence-corrected chi connectivity index (χ4v) is 3.24. The van der Waals surface area contributed by atoms with Crippen molar-refractivity contribution in [3.8, 4) is 0 Å². The smallest absolute Gasteiger partial charge is 0.261 e. The lowest BCUT2D eigenvalue weighted by Gasteiger charge is -2.30. The highest BCUT2D eigenvalue weighted by Crippen LogP contribution is 2.15. The maximum absolute atomic E-state index is 12.5. The van der Waals surface area contributed by atoms with Gasteiger partial charge in [0.25, 0.3) is 5.56 Å². The molecule has 1 fully saturated rings. The molecular formula is C16H20BrClN4O2. The summed E-state index contributed by atoms with van der Waals surface area (Å²) in [4.78, 5) is 29.0. The predicted molar refractivity (Wildman–Crippen MR) is 99.5 cm³/mol. The van der Waals surface area contributed by atoms with Gasteiger partial charge in [-0.1, -0.05) is 22.9 Å². The zero-order chi connectivity index (χ0) is 16.4. The van der Waals surface area contributed by atoms with Crippen LogP contribution in [0.15, 0.2) is 33.8 Å². The zero-order valence-corrected chi connectivity index (χ0v) is 15.7. The fourth-order valence-electron chi connectivity index (χ4n) is 2.88. The molecule has 2 N–H and O–H groups in total. The van der Waals surface area contributed by atoms with Gasteiger partial charge in [-0.2, -0.15) is 0 Å². The number of benzene rings is 1. The van der Waals surface area contributed by atoms with E-state index in [0.717, 1.165) is 24.0 Å². The number of piperidine rings is 1. The van der Waals surface area contributed by atoms with Gasteiger partial charge in [0.2, 0.25) is 5.91 Å². The first-order chi connectivity index (χ1) is 11.0. The molecule has 0 aliphatic carbocycles. The van der Waals surface area contributed by atoms with Crippen molar-refractivity contribution in [2.24, 2.45) is 5.92 Å². The molecule has 2 aromatic rings. The number of hydrogen-bond acceptors (Lipinski definition) is 4. The molecule has 6 nitrogen and oxygen atoms in total. The topological polar surface area (TPSA) is 76.0 Å². The Kier molecular flexibility index (Phi) is 6.37. The van der Waals surface area contributed by atoms with Crippen LogP contribution in [-0.2, 0) is 11.3 Å². The third-order valence-electron chi connectivity index (χ3n) is 4.23. The van der Waals surface area contributed by atoms with Gasteiger partial charge in [-0.05, 0) is 43.6 Å². The Morgan fingerprint density at radius 1 is 1.50 bits per heavy atom. The van der Waals surface area contributed by atoms with E-state index in [-0.39, 0.29) is 36.5 Å². The normalized spacial score (nSPS) is 20.4. The van der Waals surface area contributed by atoms with Crippen LogP contribution in [0.2, 0.25) is 0 Å². The highest BCUT2D eigenvalue weighted by Gasteiger charge is 2.22. The molecule has 1 saturated heterocycles. The Morgan fingerprint density at radius 2 is 2.29 bits per heavy atom. The molecule has 8 heteroatoms. The van der Waals surface area contributed by atoms with Crippen LogP contribution in [-0.4, -0.2) is 34.6 Å². The minimum Gasteiger partial charge on any atom is -0.351 e. The summed E-state index contributed by atoms with van der Waals surface area (Å²) in [5.74, 6) is 0.233. The van der Waals surface area contributed by atoms with E-state index < -0.39 is 0 Å². The highest BCUT2D eigenvalue weighted by molar-refractivity contribution is 9.10. The summed E-state index contributed by atoms with van der Waals surface area (Å²) < 4.78 is 2.17. The van der Waals surface area contributed by atoms with Gasteiger partial charge in [-0.15, -0.1) is 12.4 Å². The van der Waals surface area contributed by atoms with E-state index in [1.807, 2.05) is 6.07 Å². The average Bonchev–Trinajstić information content (AvgIpc) is 2.53. The van der Waals surface area contributed by atoms with Crippen molar-refractivity contribution in [1.29, 1.82) is 0 Å². The van der Waals surface area contributed by atoms with Gasteiger partial charge in [0.05, 0.1) is 17.2 Å². The van der Waals surface area contributed by atoms with Gasteiger partial charge in [0.1, 0.15) is 6.54 Å². The molecule has 1 aliphatic rings. The zero-order valence-electron chi connectivity index (χ0n) is 13.3. The Bertz CT molecular complexity index is 795. The number of aromatic nitrogens is 2. The second-order valence-electron chi connectivity index (χ2n) is 5.98. The molecule has 2 unspecified atom stereocenters. The molecule has 2 heterocycles. The number of nitrogens with one attached hydrogen (secondary N) is 2. The molecule has 1 aromatic heterocycles. The molecule has 1 amide bonds. The van der Waals surface area contributed by atoms with Crippen molar-refractivity contribution in [2.75, 3.05) is 13.1 Å². The van der Waals surface area contributed by atoms with E-state index in [9.17, 15) is 9.59 Å². The van der Waals surface area contributed by atoms with Gasteiger partial charge in [0, 0.05) is 10.5 Å². The van der Waals surface area contributed by atoms with E-state index in [1.54, 1.807) is 12.1 Å². The summed E-state index contributed by atoms with van der Waals surface area (Å²) >= 11 is 3.35. The van der Waals surface area contributed by atoms with Crippen molar-refractivity contribution >= 4 is 45.1 Å². The predicted octanol–water partition coefficient (Wildman–Crippen LogP) is 1.70. The highest BCUT2D eigenvalue weighted by atomic mass is 79.9. The van der Waals surface area contributed by atoms with Crippen LogP contribution < -0.4 is 16.2 Å². The maximum atomic E-state index is 12.5. The van der Waals surface area contributed by atoms with Crippen LogP contribution in [0.4, 0.5) is 0 Å². The number of carbonyl (C=O) groups is 1. The molecule has 1 aromatic carbocycles. The lowest BCUT2D eigenvalue weighted by molar-refractivity contribution is -0.122. The first kappa shape index (κ1) is 18.9. The number of nitrogens with zero attached hydrogens (tertiary/aromatic N) is 2. The Balaban J connectivity index is 0.00000208. The molecule has 130 valence electrons. The van der Waals surface area contributed by atoms with Crippen LogP contribution in [0, 0.1) is 5.92 Å². The Morgan fingerprint density at radius 3 is 3.04 bits per heavy atom. The van der Waals surface area contributed by atoms with E-state index in [2.05, 4.69) is 38.5 Å². The van der Waals surface area contributed by atoms with Crippen molar-refractivity contribution in [3.05, 3.63) is 39.4 Å². The first-order valence-corrected chi connectivity index (χ1v) is 8.48. The number of fused-ring (bicyclic) bond motifs is 1. The van der Waals surface area contributed by atoms with Gasteiger partial charge in [-0.25, -0.2) is 4.98 Å². The van der Waals surface area contributed by atoms with Crippen molar-refractivity contribution in [2.45, 2.75) is 25.9 Å². The van der Waals surface area contributed by atoms with E-state index in [4.69, 9.17) is 0 Å². The molecule has 0 saturated carbocycles. The van der Waals surface area contributed by atoms with Crippen LogP contribution in [0.25, 0.3) is 10.9 Å². The van der Waals surface area contributed by atoms with E-state index >= 15 is 0 Å². The number of hydrogen-bond donors (Lipinski definition) is 2. The molecule has 1 aliphatic heterocycles. The summed E-state index contributed by atoms with van der Waals surface area (Å²) in [6.07, 6.45) is 2.34. The average molecular weight is 416 g/mol. The lowest BCUT2D eigenvalue weighted by atomic mass is 9.95. The van der Waals surface area contributed by atoms with Crippen LogP contribution in [0.3, 0.4) is 0 Å². The van der Waals surface area contributed by atoms with Crippen molar-refractivity contribution < 1.29 is 4.79 Å². The maximum Gasteiger partial charge on any atom is 0.261 e. The van der Waals surface area contributed by atoms with E-state index in [1.165, 1.54) is 10.9 Å². The quantitative estimate of drug-likeness (QED) is 0.800. The van der Waals surface area contributed by atoms with E-state index in [0.29, 0.717) is 16.8 Å². The third-order valence-corrected chi connectivity index (χ3v) is 4.72. The van der Waals surface area contributed by atoms with Gasteiger partial charge in [-0.3, -0.25) is 14.2 Å². The minimum absolute atomic E-state index is 0. The monoisotopic (exact) mass is 414 g/mol. The molecule has 24 heavy (non-hydrogen) atoms. The third kappa shape index (κ3) is 4.15. The molecule has 0 bridgehead atoms. The van der Waals surface area contributed by atoms with Gasteiger partial charge >= 0.3 is 0 Å². The summed E-state index contributed by atoms with van der Waals surface area (Å²) in [7, 11) is 0. The summed E-state index contributed by atoms with van der Waals surface area (Å²) in [6.45, 7) is 3.90. The molecule has 3 rings (SSSR count). The first-order valence-electron chi connectivity index (χ1n) is 7.69. The van der Waals surface area contributed by atoms with Crippen LogP contribution in [0.1, 0.15) is 13.3 Å². The molecule has 2 atom stereocenters. The van der Waals surface area contributed by atoms with Crippen molar-refractivity contribution in [3.63, 3.8) is 0 Å². The van der Waals surface area contributed by atoms with Gasteiger partial charge < -0.3 is 10.6 Å². The summed E-state index contributed by atoms with van der Waals surface area (Å²) in [6, 6.07) is 5.50. The SMILES string of the molecule is CC1CNCCC1NC(=O)Cn1cnc2ccc(Br)cc2c1=O.Cl. The second kappa shape index (κ2) is 8.09. The standard InChI is InChI=1S/C16H19BrN4O2.ClH/c1-10-7-18-5-4-13(10)20-15(22)8-21-9-19-14-3-2-11(17)6-12(14)16(21)23;/h2-3,6,9-10,13,18H,4-5,7-8H2,1H3,(H,20,22);1H. The van der Waals surface area contributed by atoms with Crippen molar-refractivity contribution in [1.82, 2.24) is 20.2 Å². The molecular weight excluding hydrogens is 396 g/mol. The number of amides is 1. The second-order valence-corrected chi connectivity index (χ2v) is 6.90. The number of halogens is 2. The van der Waals surface area contributed by atoms with Crippen LogP contribution in [0.5, 0.6) is 0 Å². The van der Waals surface area contributed by atoms with Gasteiger partial charge in [0.15, 0.2) is 0 Å². The minimum atomic E-state index is -0.204. The van der Waals surface area contributed by atoms with Crippen LogP contribution >= 0.6 is 28.3 Å². The number of rotatable bonds is 3. The molecule has 0 radical (unpaired) electrons. The summed E-state index contributed by atoms with van der Waals surface area (Å²) in [5.41, 5.74) is 0.423. The number of carbonyl (C=O) groups excluding carboxylic acids is 1. The lowest BCUT2D eigenvalue weighted by Crippen LogP contribution is -2.49. The fraction of sp³-hybridized carbons (Fsp3) is 0.438. The Labute approximate surface area is 154 Å². The Hall–Kier alpha value is -1.44. The summed E-state index contributed by atoms with van der Waals surface area (Å²) in [5, 5.41) is 6.83. The largest absolute Gasteiger partial charge is 0.351 e.